The van der Waals surface area contributed by atoms with Gasteiger partial charge in [0.05, 0.1) is 6.61 Å². The molecule has 1 aliphatic rings. The summed E-state index contributed by atoms with van der Waals surface area (Å²) < 4.78 is 5.22. The van der Waals surface area contributed by atoms with Gasteiger partial charge in [0, 0.05) is 7.11 Å². The molecule has 0 aromatic rings. The highest BCUT2D eigenvalue weighted by Gasteiger charge is 2.31. The van der Waals surface area contributed by atoms with E-state index in [2.05, 4.69) is 13.8 Å². The zero-order valence-electron chi connectivity index (χ0n) is 8.02. The van der Waals surface area contributed by atoms with Gasteiger partial charge in [-0.25, -0.2) is 0 Å². The van der Waals surface area contributed by atoms with Crippen molar-refractivity contribution in [2.75, 3.05) is 13.7 Å². The molecule has 0 unspecified atom stereocenters. The van der Waals surface area contributed by atoms with Crippen molar-refractivity contribution in [2.45, 2.75) is 39.5 Å². The van der Waals surface area contributed by atoms with E-state index in [1.165, 1.54) is 25.7 Å². The lowest BCUT2D eigenvalue weighted by atomic mass is 9.78. The van der Waals surface area contributed by atoms with Crippen molar-refractivity contribution in [1.29, 1.82) is 0 Å². The topological polar surface area (TPSA) is 9.23 Å². The van der Waals surface area contributed by atoms with Gasteiger partial charge in [0.15, 0.2) is 0 Å². The molecule has 0 N–H and O–H groups in total. The lowest BCUT2D eigenvalue weighted by Gasteiger charge is -2.30. The van der Waals surface area contributed by atoms with Crippen molar-refractivity contribution >= 4 is 0 Å². The maximum absolute atomic E-state index is 5.22. The summed E-state index contributed by atoms with van der Waals surface area (Å²) in [7, 11) is 1.80. The van der Waals surface area contributed by atoms with E-state index in [0.29, 0.717) is 5.41 Å². The number of rotatable bonds is 3. The minimum atomic E-state index is 0.408. The largest absolute Gasteiger partial charge is 0.384 e. The van der Waals surface area contributed by atoms with Gasteiger partial charge in [-0.05, 0) is 24.2 Å². The fraction of sp³-hybridized carbons (Fsp3) is 1.00. The van der Waals surface area contributed by atoms with Crippen LogP contribution in [0, 0.1) is 11.3 Å². The summed E-state index contributed by atoms with van der Waals surface area (Å²) in [6.07, 6.45) is 5.68. The molecule has 0 bridgehead atoms. The van der Waals surface area contributed by atoms with Crippen LogP contribution >= 0.6 is 0 Å². The highest BCUT2D eigenvalue weighted by Crippen LogP contribution is 2.39. The summed E-state index contributed by atoms with van der Waals surface area (Å²) in [5, 5.41) is 0. The van der Waals surface area contributed by atoms with Crippen molar-refractivity contribution in [3.63, 3.8) is 0 Å². The van der Waals surface area contributed by atoms with Crippen LogP contribution in [-0.4, -0.2) is 13.7 Å². The van der Waals surface area contributed by atoms with Gasteiger partial charge in [-0.3, -0.25) is 0 Å². The Labute approximate surface area is 70.1 Å². The second kappa shape index (κ2) is 3.57. The third kappa shape index (κ3) is 2.19. The van der Waals surface area contributed by atoms with E-state index >= 15 is 0 Å². The first-order chi connectivity index (χ1) is 5.17. The fourth-order valence-electron chi connectivity index (χ4n) is 2.20. The molecule has 1 rings (SSSR count). The number of ether oxygens (including phenoxy) is 1. The van der Waals surface area contributed by atoms with Crippen LogP contribution < -0.4 is 0 Å². The summed E-state index contributed by atoms with van der Waals surface area (Å²) in [4.78, 5) is 0. The monoisotopic (exact) mass is 156 g/mol. The lowest BCUT2D eigenvalue weighted by molar-refractivity contribution is 0.0614. The van der Waals surface area contributed by atoms with Gasteiger partial charge in [0.25, 0.3) is 0 Å². The molecular formula is C10H20O. The van der Waals surface area contributed by atoms with E-state index in [-0.39, 0.29) is 0 Å². The molecule has 0 heterocycles. The molecule has 0 atom stereocenters. The van der Waals surface area contributed by atoms with E-state index in [1.54, 1.807) is 7.11 Å². The molecule has 66 valence electrons. The fourth-order valence-corrected chi connectivity index (χ4v) is 2.20. The van der Waals surface area contributed by atoms with Crippen LogP contribution in [0.15, 0.2) is 0 Å². The Kier molecular flexibility index (Phi) is 2.94. The minimum Gasteiger partial charge on any atom is -0.384 e. The Morgan fingerprint density at radius 1 is 1.27 bits per heavy atom. The average Bonchev–Trinajstić information content (AvgIpc) is 2.37. The molecule has 0 aromatic carbocycles. The number of hydrogen-bond donors (Lipinski definition) is 0. The molecular weight excluding hydrogens is 136 g/mol. The van der Waals surface area contributed by atoms with Crippen LogP contribution in [0.2, 0.25) is 0 Å². The maximum atomic E-state index is 5.22. The van der Waals surface area contributed by atoms with Gasteiger partial charge >= 0.3 is 0 Å². The van der Waals surface area contributed by atoms with Gasteiger partial charge in [-0.15, -0.1) is 0 Å². The van der Waals surface area contributed by atoms with Crippen LogP contribution in [0.1, 0.15) is 39.5 Å². The third-order valence-corrected chi connectivity index (χ3v) is 2.98. The molecule has 0 aliphatic heterocycles. The van der Waals surface area contributed by atoms with Crippen molar-refractivity contribution in [1.82, 2.24) is 0 Å². The van der Waals surface area contributed by atoms with E-state index in [9.17, 15) is 0 Å². The highest BCUT2D eigenvalue weighted by molar-refractivity contribution is 4.81. The van der Waals surface area contributed by atoms with E-state index < -0.39 is 0 Å². The van der Waals surface area contributed by atoms with Gasteiger partial charge in [-0.2, -0.15) is 0 Å². The summed E-state index contributed by atoms with van der Waals surface area (Å²) in [6.45, 7) is 5.57. The van der Waals surface area contributed by atoms with Crippen LogP contribution in [0.3, 0.4) is 0 Å². The lowest BCUT2D eigenvalue weighted by Crippen LogP contribution is -2.26. The van der Waals surface area contributed by atoms with Crippen LogP contribution in [0.4, 0.5) is 0 Å². The molecule has 11 heavy (non-hydrogen) atoms. The molecule has 1 saturated carbocycles. The van der Waals surface area contributed by atoms with E-state index in [1.807, 2.05) is 0 Å². The highest BCUT2D eigenvalue weighted by atomic mass is 16.5. The second-order valence-electron chi connectivity index (χ2n) is 4.40. The summed E-state index contributed by atoms with van der Waals surface area (Å²) in [5.41, 5.74) is 0.408. The first kappa shape index (κ1) is 9.05. The van der Waals surface area contributed by atoms with Gasteiger partial charge < -0.3 is 4.74 Å². The summed E-state index contributed by atoms with van der Waals surface area (Å²) in [6, 6.07) is 0. The van der Waals surface area contributed by atoms with Crippen molar-refractivity contribution in [2.24, 2.45) is 11.3 Å². The Morgan fingerprint density at radius 2 is 1.82 bits per heavy atom. The zero-order valence-corrected chi connectivity index (χ0v) is 8.02. The van der Waals surface area contributed by atoms with Crippen molar-refractivity contribution < 1.29 is 4.74 Å². The quantitative estimate of drug-likeness (QED) is 0.610. The predicted molar refractivity (Wildman–Crippen MR) is 47.6 cm³/mol. The Bertz CT molecular complexity index is 112. The van der Waals surface area contributed by atoms with Crippen LogP contribution in [-0.2, 0) is 4.74 Å². The third-order valence-electron chi connectivity index (χ3n) is 2.98. The normalized spacial score (nSPS) is 21.0. The molecule has 0 aromatic heterocycles. The number of methoxy groups -OCH3 is 1. The predicted octanol–water partition coefficient (Wildman–Crippen LogP) is 2.85. The average molecular weight is 156 g/mol. The summed E-state index contributed by atoms with van der Waals surface area (Å²) >= 11 is 0. The van der Waals surface area contributed by atoms with Crippen LogP contribution in [0.25, 0.3) is 0 Å². The Morgan fingerprint density at radius 3 is 2.27 bits per heavy atom. The molecule has 0 amide bonds. The van der Waals surface area contributed by atoms with E-state index in [4.69, 9.17) is 4.74 Å². The molecule has 1 fully saturated rings. The molecule has 1 aliphatic carbocycles. The van der Waals surface area contributed by atoms with Gasteiger partial charge in [0.1, 0.15) is 0 Å². The van der Waals surface area contributed by atoms with Crippen molar-refractivity contribution in [3.05, 3.63) is 0 Å². The molecule has 0 saturated heterocycles. The Balaban J connectivity index is 2.41. The zero-order chi connectivity index (χ0) is 8.32. The molecule has 0 spiro atoms. The Hall–Kier alpha value is -0.0400. The SMILES string of the molecule is COCC(C)(C)C1CCCC1. The van der Waals surface area contributed by atoms with Gasteiger partial charge in [-0.1, -0.05) is 26.7 Å². The smallest absolute Gasteiger partial charge is 0.0516 e. The summed E-state index contributed by atoms with van der Waals surface area (Å²) in [5.74, 6) is 0.905. The maximum Gasteiger partial charge on any atom is 0.0516 e. The molecule has 1 nitrogen and oxygen atoms in total. The number of hydrogen-bond acceptors (Lipinski definition) is 1. The van der Waals surface area contributed by atoms with E-state index in [0.717, 1.165) is 12.5 Å². The standard InChI is InChI=1S/C10H20O/c1-10(2,8-11-3)9-6-4-5-7-9/h9H,4-8H2,1-3H3. The molecule has 1 heteroatoms. The van der Waals surface area contributed by atoms with Crippen LogP contribution in [0.5, 0.6) is 0 Å². The second-order valence-corrected chi connectivity index (χ2v) is 4.40. The minimum absolute atomic E-state index is 0.408. The first-order valence-electron chi connectivity index (χ1n) is 4.66. The van der Waals surface area contributed by atoms with Gasteiger partial charge in [0.2, 0.25) is 0 Å². The molecule has 0 radical (unpaired) electrons. The first-order valence-corrected chi connectivity index (χ1v) is 4.66. The van der Waals surface area contributed by atoms with Crippen molar-refractivity contribution in [3.8, 4) is 0 Å².